The maximum atomic E-state index is 11.2. The summed E-state index contributed by atoms with van der Waals surface area (Å²) in [6, 6.07) is 3.41. The van der Waals surface area contributed by atoms with E-state index in [0.717, 1.165) is 5.69 Å². The van der Waals surface area contributed by atoms with E-state index in [2.05, 4.69) is 10.3 Å². The number of pyridine rings is 1. The van der Waals surface area contributed by atoms with E-state index in [9.17, 15) is 9.32 Å². The van der Waals surface area contributed by atoms with Crippen LogP contribution in [-0.4, -0.2) is 32.3 Å². The third-order valence-electron chi connectivity index (χ3n) is 2.21. The molecule has 1 unspecified atom stereocenters. The largest absolute Gasteiger partial charge is 0.506 e. The maximum absolute atomic E-state index is 11.2. The molecule has 16 heavy (non-hydrogen) atoms. The molecule has 0 aromatic carbocycles. The number of aromatic nitrogens is 1. The summed E-state index contributed by atoms with van der Waals surface area (Å²) in [6.07, 6.45) is 0. The van der Waals surface area contributed by atoms with Gasteiger partial charge in [-0.2, -0.15) is 0 Å². The average molecular weight is 242 g/mol. The Balaban J connectivity index is 2.37. The molecule has 1 aromatic rings. The van der Waals surface area contributed by atoms with E-state index in [-0.39, 0.29) is 5.75 Å². The third kappa shape index (κ3) is 4.28. The number of rotatable bonds is 6. The lowest BCUT2D eigenvalue weighted by Crippen LogP contribution is -2.21. The zero-order valence-corrected chi connectivity index (χ0v) is 10.5. The molecule has 5 heteroatoms. The zero-order valence-electron chi connectivity index (χ0n) is 9.69. The normalized spacial score (nSPS) is 12.6. The van der Waals surface area contributed by atoms with Gasteiger partial charge in [-0.05, 0) is 19.1 Å². The first-order chi connectivity index (χ1) is 7.63. The van der Waals surface area contributed by atoms with Gasteiger partial charge in [-0.15, -0.1) is 0 Å². The molecule has 1 heterocycles. The first-order valence-electron chi connectivity index (χ1n) is 5.34. The van der Waals surface area contributed by atoms with Gasteiger partial charge in [0.1, 0.15) is 5.75 Å². The molecule has 0 aliphatic heterocycles. The van der Waals surface area contributed by atoms with E-state index >= 15 is 0 Å². The molecule has 0 fully saturated rings. The molecule has 90 valence electrons. The van der Waals surface area contributed by atoms with Crippen LogP contribution in [0, 0.1) is 6.92 Å². The third-order valence-corrected chi connectivity index (χ3v) is 3.51. The topological polar surface area (TPSA) is 62.2 Å². The van der Waals surface area contributed by atoms with Gasteiger partial charge in [0.05, 0.1) is 5.69 Å². The molecular weight excluding hydrogens is 224 g/mol. The van der Waals surface area contributed by atoms with Crippen LogP contribution in [0.4, 0.5) is 0 Å². The zero-order chi connectivity index (χ0) is 12.0. The van der Waals surface area contributed by atoms with Crippen molar-refractivity contribution in [3.8, 4) is 5.75 Å². The molecule has 0 bridgehead atoms. The minimum atomic E-state index is -0.740. The minimum Gasteiger partial charge on any atom is -0.506 e. The van der Waals surface area contributed by atoms with Gasteiger partial charge in [-0.3, -0.25) is 9.19 Å². The van der Waals surface area contributed by atoms with Crippen molar-refractivity contribution < 1.29 is 9.32 Å². The van der Waals surface area contributed by atoms with Gasteiger partial charge in [-0.25, -0.2) is 0 Å². The highest BCUT2D eigenvalue weighted by Crippen LogP contribution is 2.13. The minimum absolute atomic E-state index is 0.203. The Morgan fingerprint density at radius 3 is 2.94 bits per heavy atom. The van der Waals surface area contributed by atoms with Crippen molar-refractivity contribution in [2.45, 2.75) is 20.4 Å². The monoisotopic (exact) mass is 242 g/mol. The molecule has 0 amide bonds. The summed E-state index contributed by atoms with van der Waals surface area (Å²) in [6.45, 7) is 4.98. The number of nitrogens with one attached hydrogen (secondary N) is 1. The molecule has 0 spiro atoms. The molecule has 4 nitrogen and oxygen atoms in total. The summed E-state index contributed by atoms with van der Waals surface area (Å²) >= 11 is 0. The second-order valence-corrected chi connectivity index (χ2v) is 5.39. The Hall–Kier alpha value is -0.940. The number of hydrogen-bond donors (Lipinski definition) is 2. The first-order valence-corrected chi connectivity index (χ1v) is 6.83. The predicted molar refractivity (Wildman–Crippen MR) is 65.9 cm³/mol. The predicted octanol–water partition coefficient (Wildman–Crippen LogP) is 0.954. The van der Waals surface area contributed by atoms with E-state index in [1.165, 1.54) is 0 Å². The summed E-state index contributed by atoms with van der Waals surface area (Å²) in [4.78, 5) is 4.22. The number of aryl methyl sites for hydroxylation is 1. The highest BCUT2D eigenvalue weighted by atomic mass is 32.2. The van der Waals surface area contributed by atoms with E-state index in [4.69, 9.17) is 0 Å². The number of hydrogen-bond acceptors (Lipinski definition) is 4. The maximum Gasteiger partial charge on any atom is 0.138 e. The number of nitrogens with zero attached hydrogens (tertiary/aromatic N) is 1. The standard InChI is InChI=1S/C11H18N2O2S/c1-3-16(15)7-6-12-8-10-11(14)5-4-9(2)13-10/h4-5,12,14H,3,6-8H2,1-2H3. The van der Waals surface area contributed by atoms with Crippen LogP contribution in [0.1, 0.15) is 18.3 Å². The van der Waals surface area contributed by atoms with Crippen LogP contribution < -0.4 is 5.32 Å². The summed E-state index contributed by atoms with van der Waals surface area (Å²) in [5.41, 5.74) is 1.52. The van der Waals surface area contributed by atoms with Crippen LogP contribution in [0.3, 0.4) is 0 Å². The lowest BCUT2D eigenvalue weighted by molar-refractivity contribution is 0.460. The molecule has 1 atom stereocenters. The van der Waals surface area contributed by atoms with E-state index < -0.39 is 10.8 Å². The van der Waals surface area contributed by atoms with Gasteiger partial charge in [0, 0.05) is 41.1 Å². The second-order valence-electron chi connectivity index (χ2n) is 3.53. The van der Waals surface area contributed by atoms with Crippen LogP contribution in [-0.2, 0) is 17.3 Å². The van der Waals surface area contributed by atoms with Crippen LogP contribution in [0.25, 0.3) is 0 Å². The van der Waals surface area contributed by atoms with Crippen molar-refractivity contribution >= 4 is 10.8 Å². The molecule has 0 aliphatic carbocycles. The van der Waals surface area contributed by atoms with Crippen molar-refractivity contribution in [2.24, 2.45) is 0 Å². The average Bonchev–Trinajstić information content (AvgIpc) is 2.28. The first kappa shape index (κ1) is 13.1. The summed E-state index contributed by atoms with van der Waals surface area (Å²) in [7, 11) is -0.740. The van der Waals surface area contributed by atoms with Gasteiger partial charge < -0.3 is 10.4 Å². The lowest BCUT2D eigenvalue weighted by Gasteiger charge is -2.06. The van der Waals surface area contributed by atoms with E-state index in [1.807, 2.05) is 13.8 Å². The van der Waals surface area contributed by atoms with Crippen molar-refractivity contribution in [3.05, 3.63) is 23.5 Å². The van der Waals surface area contributed by atoms with E-state index in [1.54, 1.807) is 12.1 Å². The van der Waals surface area contributed by atoms with Gasteiger partial charge in [0.25, 0.3) is 0 Å². The molecule has 0 aliphatic rings. The fourth-order valence-corrected chi connectivity index (χ4v) is 1.93. The highest BCUT2D eigenvalue weighted by molar-refractivity contribution is 7.84. The fraction of sp³-hybridized carbons (Fsp3) is 0.545. The molecule has 1 rings (SSSR count). The van der Waals surface area contributed by atoms with Crippen LogP contribution >= 0.6 is 0 Å². The quantitative estimate of drug-likeness (QED) is 0.729. The smallest absolute Gasteiger partial charge is 0.138 e. The lowest BCUT2D eigenvalue weighted by atomic mass is 10.3. The van der Waals surface area contributed by atoms with Crippen molar-refractivity contribution in [2.75, 3.05) is 18.1 Å². The SMILES string of the molecule is CCS(=O)CCNCc1nc(C)ccc1O. The molecule has 0 radical (unpaired) electrons. The van der Waals surface area contributed by atoms with E-state index in [0.29, 0.717) is 30.3 Å². The second kappa shape index (κ2) is 6.60. The summed E-state index contributed by atoms with van der Waals surface area (Å²) in [5, 5.41) is 12.6. The molecule has 0 saturated carbocycles. The Morgan fingerprint density at radius 2 is 2.25 bits per heavy atom. The Bertz CT molecular complexity index is 369. The fourth-order valence-electron chi connectivity index (χ4n) is 1.27. The number of aromatic hydroxyl groups is 1. The summed E-state index contributed by atoms with van der Waals surface area (Å²) in [5.74, 6) is 1.54. The van der Waals surface area contributed by atoms with Crippen molar-refractivity contribution in [3.63, 3.8) is 0 Å². The Morgan fingerprint density at radius 1 is 1.50 bits per heavy atom. The molecule has 2 N–H and O–H groups in total. The molecule has 1 aromatic heterocycles. The Kier molecular flexibility index (Phi) is 5.42. The van der Waals surface area contributed by atoms with Crippen molar-refractivity contribution in [1.82, 2.24) is 10.3 Å². The van der Waals surface area contributed by atoms with Crippen LogP contribution in [0.5, 0.6) is 5.75 Å². The van der Waals surface area contributed by atoms with Crippen LogP contribution in [0.15, 0.2) is 12.1 Å². The highest BCUT2D eigenvalue weighted by Gasteiger charge is 2.02. The van der Waals surface area contributed by atoms with Crippen molar-refractivity contribution in [1.29, 1.82) is 0 Å². The van der Waals surface area contributed by atoms with Gasteiger partial charge in [0.15, 0.2) is 0 Å². The van der Waals surface area contributed by atoms with Gasteiger partial charge in [-0.1, -0.05) is 6.92 Å². The van der Waals surface area contributed by atoms with Crippen LogP contribution in [0.2, 0.25) is 0 Å². The Labute approximate surface area is 98.6 Å². The van der Waals surface area contributed by atoms with Gasteiger partial charge in [0.2, 0.25) is 0 Å². The van der Waals surface area contributed by atoms with Gasteiger partial charge >= 0.3 is 0 Å². The summed E-state index contributed by atoms with van der Waals surface area (Å²) < 4.78 is 11.2. The molecule has 0 saturated heterocycles. The molecular formula is C11H18N2O2S.